The molecule has 3 aromatic heterocycles. The van der Waals surface area contributed by atoms with Crippen LogP contribution in [0.2, 0.25) is 5.15 Å². The van der Waals surface area contributed by atoms with Gasteiger partial charge in [0.25, 0.3) is 0 Å². The molecule has 21 heavy (non-hydrogen) atoms. The summed E-state index contributed by atoms with van der Waals surface area (Å²) in [6, 6.07) is 8.34. The summed E-state index contributed by atoms with van der Waals surface area (Å²) in [5.74, 6) is 0. The highest BCUT2D eigenvalue weighted by atomic mass is 35.5. The lowest BCUT2D eigenvalue weighted by atomic mass is 10.1. The van der Waals surface area contributed by atoms with Crippen molar-refractivity contribution >= 4 is 17.2 Å². The van der Waals surface area contributed by atoms with Crippen LogP contribution in [-0.4, -0.2) is 25.2 Å². The molecule has 6 heteroatoms. The molecule has 0 spiro atoms. The number of pyridine rings is 1. The minimum Gasteiger partial charge on any atom is -0.306 e. The second kappa shape index (κ2) is 5.87. The number of rotatable bonds is 5. The number of hydrogen-bond donors (Lipinski definition) is 1. The first-order valence-electron chi connectivity index (χ1n) is 7.01. The Morgan fingerprint density at radius 1 is 1.24 bits per heavy atom. The van der Waals surface area contributed by atoms with Gasteiger partial charge in [0.1, 0.15) is 5.65 Å². The molecule has 0 unspecified atom stereocenters. The number of fused-ring (bicyclic) bond motifs is 1. The molecule has 3 rings (SSSR count). The highest BCUT2D eigenvalue weighted by Crippen LogP contribution is 2.18. The second-order valence-electron chi connectivity index (χ2n) is 5.17. The minimum atomic E-state index is 0.259. The van der Waals surface area contributed by atoms with Crippen molar-refractivity contribution in [1.82, 2.24) is 24.5 Å². The van der Waals surface area contributed by atoms with Gasteiger partial charge in [0.15, 0.2) is 5.15 Å². The summed E-state index contributed by atoms with van der Waals surface area (Å²) in [6.07, 6.45) is 5.75. The van der Waals surface area contributed by atoms with Crippen molar-refractivity contribution in [1.29, 1.82) is 0 Å². The van der Waals surface area contributed by atoms with E-state index in [9.17, 15) is 0 Å². The number of imidazole rings is 1. The van der Waals surface area contributed by atoms with Gasteiger partial charge in [0, 0.05) is 31.2 Å². The van der Waals surface area contributed by atoms with E-state index in [-0.39, 0.29) is 12.1 Å². The summed E-state index contributed by atoms with van der Waals surface area (Å²) >= 11 is 6.24. The van der Waals surface area contributed by atoms with Gasteiger partial charge < -0.3 is 9.72 Å². The number of halogens is 1. The Balaban J connectivity index is 1.73. The Kier molecular flexibility index (Phi) is 3.94. The first kappa shape index (κ1) is 14.1. The fourth-order valence-electron chi connectivity index (χ4n) is 2.35. The minimum absolute atomic E-state index is 0.259. The SMILES string of the molecule is C[C@H]([C@@H](C)NCc1c(Cl)nc2ccccn12)n1cccn1. The van der Waals surface area contributed by atoms with Gasteiger partial charge in [-0.3, -0.25) is 4.68 Å². The molecule has 0 saturated heterocycles. The monoisotopic (exact) mass is 303 g/mol. The van der Waals surface area contributed by atoms with Crippen LogP contribution in [-0.2, 0) is 6.54 Å². The van der Waals surface area contributed by atoms with E-state index in [0.717, 1.165) is 11.3 Å². The van der Waals surface area contributed by atoms with Gasteiger partial charge in [-0.15, -0.1) is 0 Å². The molecule has 110 valence electrons. The third kappa shape index (κ3) is 2.80. The predicted molar refractivity (Wildman–Crippen MR) is 83.4 cm³/mol. The van der Waals surface area contributed by atoms with Crippen molar-refractivity contribution in [2.24, 2.45) is 0 Å². The van der Waals surface area contributed by atoms with Crippen LogP contribution in [0.25, 0.3) is 5.65 Å². The van der Waals surface area contributed by atoms with E-state index in [4.69, 9.17) is 11.6 Å². The Hall–Kier alpha value is -1.85. The molecule has 0 aliphatic rings. The lowest BCUT2D eigenvalue weighted by Gasteiger charge is -2.21. The first-order valence-corrected chi connectivity index (χ1v) is 7.38. The zero-order chi connectivity index (χ0) is 14.8. The zero-order valence-corrected chi connectivity index (χ0v) is 12.8. The molecule has 0 radical (unpaired) electrons. The number of nitrogens with zero attached hydrogens (tertiary/aromatic N) is 4. The lowest BCUT2D eigenvalue weighted by molar-refractivity contribution is 0.363. The van der Waals surface area contributed by atoms with Crippen molar-refractivity contribution in [2.75, 3.05) is 0 Å². The highest BCUT2D eigenvalue weighted by molar-refractivity contribution is 6.30. The normalized spacial score (nSPS) is 14.4. The Morgan fingerprint density at radius 2 is 2.10 bits per heavy atom. The standard InChI is InChI=1S/C15H18ClN5/c1-11(12(2)21-9-5-7-18-21)17-10-13-15(16)19-14-6-3-4-8-20(13)14/h3-9,11-12,17H,10H2,1-2H3/t11-,12-/m1/s1. The molecular formula is C15H18ClN5. The van der Waals surface area contributed by atoms with Crippen molar-refractivity contribution in [3.8, 4) is 0 Å². The van der Waals surface area contributed by atoms with E-state index in [0.29, 0.717) is 11.7 Å². The lowest BCUT2D eigenvalue weighted by Crippen LogP contribution is -2.33. The molecule has 0 aliphatic heterocycles. The van der Waals surface area contributed by atoms with E-state index < -0.39 is 0 Å². The first-order chi connectivity index (χ1) is 10.2. The molecule has 3 aromatic rings. The third-order valence-electron chi connectivity index (χ3n) is 3.84. The van der Waals surface area contributed by atoms with Crippen LogP contribution in [0, 0.1) is 0 Å². The Morgan fingerprint density at radius 3 is 2.86 bits per heavy atom. The summed E-state index contributed by atoms with van der Waals surface area (Å²) in [4.78, 5) is 4.36. The van der Waals surface area contributed by atoms with Crippen LogP contribution in [0.3, 0.4) is 0 Å². The van der Waals surface area contributed by atoms with Crippen LogP contribution in [0.5, 0.6) is 0 Å². The zero-order valence-electron chi connectivity index (χ0n) is 12.1. The van der Waals surface area contributed by atoms with Crippen molar-refractivity contribution in [3.05, 3.63) is 53.7 Å². The molecule has 0 amide bonds. The van der Waals surface area contributed by atoms with Crippen molar-refractivity contribution in [2.45, 2.75) is 32.5 Å². The maximum Gasteiger partial charge on any atom is 0.152 e. The summed E-state index contributed by atoms with van der Waals surface area (Å²) in [6.45, 7) is 4.95. The quantitative estimate of drug-likeness (QED) is 0.788. The molecule has 0 aromatic carbocycles. The topological polar surface area (TPSA) is 47.2 Å². The maximum absolute atomic E-state index is 6.24. The van der Waals surface area contributed by atoms with E-state index in [1.807, 2.05) is 45.7 Å². The van der Waals surface area contributed by atoms with Gasteiger partial charge in [-0.25, -0.2) is 4.98 Å². The molecule has 0 fully saturated rings. The summed E-state index contributed by atoms with van der Waals surface area (Å²) in [5.41, 5.74) is 1.85. The van der Waals surface area contributed by atoms with Crippen LogP contribution >= 0.6 is 11.6 Å². The Bertz CT molecular complexity index is 719. The number of hydrogen-bond acceptors (Lipinski definition) is 3. The van der Waals surface area contributed by atoms with Gasteiger partial charge in [0.05, 0.1) is 11.7 Å². The number of aromatic nitrogens is 4. The fourth-order valence-corrected chi connectivity index (χ4v) is 2.60. The van der Waals surface area contributed by atoms with E-state index in [1.165, 1.54) is 0 Å². The molecular weight excluding hydrogens is 286 g/mol. The van der Waals surface area contributed by atoms with E-state index in [2.05, 4.69) is 29.2 Å². The second-order valence-corrected chi connectivity index (χ2v) is 5.53. The largest absolute Gasteiger partial charge is 0.306 e. The van der Waals surface area contributed by atoms with Crippen LogP contribution in [0.4, 0.5) is 0 Å². The van der Waals surface area contributed by atoms with Crippen LogP contribution in [0.15, 0.2) is 42.9 Å². The Labute approximate surface area is 128 Å². The average molecular weight is 304 g/mol. The molecule has 3 heterocycles. The van der Waals surface area contributed by atoms with Gasteiger partial charge in [-0.2, -0.15) is 5.10 Å². The summed E-state index contributed by atoms with van der Waals surface area (Å²) in [7, 11) is 0. The highest BCUT2D eigenvalue weighted by Gasteiger charge is 2.16. The maximum atomic E-state index is 6.24. The smallest absolute Gasteiger partial charge is 0.152 e. The van der Waals surface area contributed by atoms with E-state index >= 15 is 0 Å². The third-order valence-corrected chi connectivity index (χ3v) is 4.14. The summed E-state index contributed by atoms with van der Waals surface area (Å²) in [5, 5.41) is 8.33. The van der Waals surface area contributed by atoms with Gasteiger partial charge >= 0.3 is 0 Å². The molecule has 2 atom stereocenters. The fraction of sp³-hybridized carbons (Fsp3) is 0.333. The predicted octanol–water partition coefficient (Wildman–Crippen LogP) is 2.92. The molecule has 0 saturated carbocycles. The van der Waals surface area contributed by atoms with Gasteiger partial charge in [-0.05, 0) is 32.0 Å². The van der Waals surface area contributed by atoms with Gasteiger partial charge in [-0.1, -0.05) is 17.7 Å². The molecule has 5 nitrogen and oxygen atoms in total. The molecule has 0 aliphatic carbocycles. The van der Waals surface area contributed by atoms with Gasteiger partial charge in [0.2, 0.25) is 0 Å². The average Bonchev–Trinajstić information content (AvgIpc) is 3.11. The van der Waals surface area contributed by atoms with Crippen molar-refractivity contribution < 1.29 is 0 Å². The number of nitrogens with one attached hydrogen (secondary N) is 1. The molecule has 1 N–H and O–H groups in total. The van der Waals surface area contributed by atoms with Crippen LogP contribution in [0.1, 0.15) is 25.6 Å². The van der Waals surface area contributed by atoms with Crippen LogP contribution < -0.4 is 5.32 Å². The van der Waals surface area contributed by atoms with Crippen molar-refractivity contribution in [3.63, 3.8) is 0 Å². The van der Waals surface area contributed by atoms with E-state index in [1.54, 1.807) is 6.20 Å². The summed E-state index contributed by atoms with van der Waals surface area (Å²) < 4.78 is 3.97. The molecule has 0 bridgehead atoms.